The van der Waals surface area contributed by atoms with E-state index in [4.69, 9.17) is 26.5 Å². The first kappa shape index (κ1) is 38.5. The fourth-order valence-electron chi connectivity index (χ4n) is 7.93. The summed E-state index contributed by atoms with van der Waals surface area (Å²) in [6.07, 6.45) is -4.84. The van der Waals surface area contributed by atoms with Gasteiger partial charge in [-0.05, 0) is 42.5 Å². The van der Waals surface area contributed by atoms with Crippen LogP contribution in [-0.2, 0) is 6.18 Å². The molecule has 0 fully saturated rings. The van der Waals surface area contributed by atoms with E-state index in [2.05, 4.69) is 10.9 Å². The van der Waals surface area contributed by atoms with Crippen LogP contribution in [0.5, 0.6) is 0 Å². The molecule has 0 N–H and O–H groups in total. The zero-order chi connectivity index (χ0) is 43.1. The van der Waals surface area contributed by atoms with E-state index in [1.165, 1.54) is 0 Å². The second-order valence-electron chi connectivity index (χ2n) is 14.8. The van der Waals surface area contributed by atoms with Crippen molar-refractivity contribution in [1.29, 1.82) is 5.26 Å². The third-order valence-corrected chi connectivity index (χ3v) is 10.9. The fraction of sp³-hybridized carbons (Fsp3) is 0.0189. The summed E-state index contributed by atoms with van der Waals surface area (Å²) in [6, 6.07) is 56.0. The van der Waals surface area contributed by atoms with Gasteiger partial charge in [0.1, 0.15) is 0 Å². The molecule has 0 atom stereocenters. The number of nitriles is 1. The minimum Gasteiger partial charge on any atom is -0.309 e. The van der Waals surface area contributed by atoms with Crippen LogP contribution in [0.3, 0.4) is 0 Å². The first-order valence-corrected chi connectivity index (χ1v) is 19.9. The molecule has 0 unspecified atom stereocenters. The number of benzene rings is 7. The molecule has 63 heavy (non-hydrogen) atoms. The molecule has 3 aromatic heterocycles. The van der Waals surface area contributed by atoms with Crippen LogP contribution in [0.2, 0.25) is 0 Å². The van der Waals surface area contributed by atoms with Crippen molar-refractivity contribution in [2.45, 2.75) is 6.18 Å². The second kappa shape index (κ2) is 15.7. The van der Waals surface area contributed by atoms with Gasteiger partial charge in [0.25, 0.3) is 0 Å². The first-order chi connectivity index (χ1) is 30.7. The highest BCUT2D eigenvalue weighted by Crippen LogP contribution is 2.45. The number of rotatable bonds is 7. The summed E-state index contributed by atoms with van der Waals surface area (Å²) < 4.78 is 48.5. The number of nitrogens with zero attached hydrogens (tertiary/aromatic N) is 7. The zero-order valence-corrected chi connectivity index (χ0v) is 33.1. The summed E-state index contributed by atoms with van der Waals surface area (Å²) in [7, 11) is 0. The highest BCUT2D eigenvalue weighted by Gasteiger charge is 2.35. The topological polar surface area (TPSA) is 84.6 Å². The van der Waals surface area contributed by atoms with E-state index in [-0.39, 0.29) is 28.5 Å². The molecule has 298 valence electrons. The van der Waals surface area contributed by atoms with Crippen LogP contribution in [-0.4, -0.2) is 24.5 Å². The van der Waals surface area contributed by atoms with Crippen molar-refractivity contribution >= 4 is 27.5 Å². The molecule has 7 aromatic carbocycles. The van der Waals surface area contributed by atoms with E-state index < -0.39 is 11.7 Å². The summed E-state index contributed by atoms with van der Waals surface area (Å²) in [4.78, 5) is 23.9. The molecule has 0 bridgehead atoms. The van der Waals surface area contributed by atoms with Crippen LogP contribution in [0.15, 0.2) is 182 Å². The largest absolute Gasteiger partial charge is 0.416 e. The van der Waals surface area contributed by atoms with E-state index in [9.17, 15) is 5.26 Å². The van der Waals surface area contributed by atoms with Crippen molar-refractivity contribution in [1.82, 2.24) is 24.5 Å². The lowest BCUT2D eigenvalue weighted by Crippen LogP contribution is -2.11. The van der Waals surface area contributed by atoms with E-state index in [1.807, 2.05) is 146 Å². The SMILES string of the molecule is [C-]#[N+]c1ccc2c3ccc(C#N)cc3n(-c3c(-c4nc(-c5ccccc5)cc(-c5ccccc5)n4)cc(C(F)(F)F)cc3-c3nc(-c4ccccc4)cc(-c4ccccc4)n3)c2c1. The summed E-state index contributed by atoms with van der Waals surface area (Å²) in [5.74, 6) is 0.0145. The van der Waals surface area contributed by atoms with Gasteiger partial charge in [0.05, 0.1) is 57.7 Å². The van der Waals surface area contributed by atoms with Gasteiger partial charge in [-0.2, -0.15) is 18.4 Å². The Balaban J connectivity index is 1.41. The number of alkyl halides is 3. The van der Waals surface area contributed by atoms with E-state index in [0.29, 0.717) is 55.8 Å². The monoisotopic (exact) mass is 821 g/mol. The minimum absolute atomic E-state index is 0.00724. The van der Waals surface area contributed by atoms with Crippen molar-refractivity contribution in [3.8, 4) is 79.6 Å². The van der Waals surface area contributed by atoms with Gasteiger partial charge in [0, 0.05) is 49.7 Å². The predicted molar refractivity (Wildman–Crippen MR) is 241 cm³/mol. The van der Waals surface area contributed by atoms with Crippen LogP contribution < -0.4 is 0 Å². The molecule has 0 aliphatic heterocycles. The maximum Gasteiger partial charge on any atom is 0.416 e. The number of hydrogen-bond acceptors (Lipinski definition) is 5. The summed E-state index contributed by atoms with van der Waals surface area (Å²) in [6.45, 7) is 7.97. The van der Waals surface area contributed by atoms with E-state index in [1.54, 1.807) is 28.8 Å². The lowest BCUT2D eigenvalue weighted by Gasteiger charge is -2.21. The molecule has 0 aliphatic carbocycles. The van der Waals surface area contributed by atoms with E-state index >= 15 is 13.2 Å². The van der Waals surface area contributed by atoms with Crippen molar-refractivity contribution in [3.05, 3.63) is 205 Å². The zero-order valence-electron chi connectivity index (χ0n) is 33.1. The second-order valence-corrected chi connectivity index (χ2v) is 14.8. The molecule has 10 aromatic rings. The molecule has 3 heterocycles. The van der Waals surface area contributed by atoms with Gasteiger partial charge < -0.3 is 4.57 Å². The number of fused-ring (bicyclic) bond motifs is 3. The summed E-state index contributed by atoms with van der Waals surface area (Å²) in [5.41, 5.74) is 5.86. The Morgan fingerprint density at radius 1 is 0.492 bits per heavy atom. The van der Waals surface area contributed by atoms with Gasteiger partial charge in [-0.1, -0.05) is 140 Å². The Morgan fingerprint density at radius 2 is 0.889 bits per heavy atom. The third-order valence-electron chi connectivity index (χ3n) is 10.9. The Labute approximate surface area is 359 Å². The number of aromatic nitrogens is 5. The molecule has 0 saturated heterocycles. The van der Waals surface area contributed by atoms with Gasteiger partial charge in [-0.15, -0.1) is 0 Å². The summed E-state index contributed by atoms with van der Waals surface area (Å²) >= 11 is 0. The van der Waals surface area contributed by atoms with Crippen molar-refractivity contribution < 1.29 is 13.2 Å². The fourth-order valence-corrected chi connectivity index (χ4v) is 7.93. The molecule has 0 radical (unpaired) electrons. The van der Waals surface area contributed by atoms with Crippen molar-refractivity contribution in [2.24, 2.45) is 0 Å². The molecular formula is C53H30F3N7. The highest BCUT2D eigenvalue weighted by atomic mass is 19.4. The Hall–Kier alpha value is -8.73. The smallest absolute Gasteiger partial charge is 0.309 e. The van der Waals surface area contributed by atoms with Crippen molar-refractivity contribution in [3.63, 3.8) is 0 Å². The lowest BCUT2D eigenvalue weighted by atomic mass is 9.98. The Morgan fingerprint density at radius 3 is 1.27 bits per heavy atom. The normalized spacial score (nSPS) is 11.4. The Bertz CT molecular complexity index is 3110. The molecule has 0 saturated carbocycles. The molecule has 0 amide bonds. The molecular weight excluding hydrogens is 792 g/mol. The van der Waals surface area contributed by atoms with Gasteiger partial charge in [-0.25, -0.2) is 24.8 Å². The van der Waals surface area contributed by atoms with Crippen LogP contribution in [0.4, 0.5) is 18.9 Å². The predicted octanol–water partition coefficient (Wildman–Crippen LogP) is 13.8. The number of hydrogen-bond donors (Lipinski definition) is 0. The molecule has 7 nitrogen and oxygen atoms in total. The average molecular weight is 822 g/mol. The number of halogens is 3. The van der Waals surface area contributed by atoms with Gasteiger partial charge >= 0.3 is 6.18 Å². The summed E-state index contributed by atoms with van der Waals surface area (Å²) in [5, 5.41) is 11.6. The molecule has 0 spiro atoms. The Kier molecular flexibility index (Phi) is 9.59. The maximum absolute atomic E-state index is 15.6. The maximum atomic E-state index is 15.6. The van der Waals surface area contributed by atoms with Crippen LogP contribution in [0.1, 0.15) is 11.1 Å². The van der Waals surface area contributed by atoms with Crippen LogP contribution in [0.25, 0.3) is 100 Å². The standard InChI is InChI=1S/C53H30F3N7/c1-58-39-23-25-41-40-24-22-33(32-57)26-48(40)63(49(41)29-39)50-42(51-59-44(34-14-6-2-7-15-34)30-45(60-51)35-16-8-3-9-17-35)27-38(53(54,55)56)28-43(50)52-61-46(36-18-10-4-11-19-36)31-47(62-52)37-20-12-5-13-21-37/h2-31H. The third kappa shape index (κ3) is 7.22. The quantitative estimate of drug-likeness (QED) is 0.150. The molecule has 10 rings (SSSR count). The van der Waals surface area contributed by atoms with Crippen LogP contribution >= 0.6 is 0 Å². The van der Waals surface area contributed by atoms with Crippen molar-refractivity contribution in [2.75, 3.05) is 0 Å². The average Bonchev–Trinajstić information content (AvgIpc) is 3.66. The lowest BCUT2D eigenvalue weighted by molar-refractivity contribution is -0.137. The molecule has 0 aliphatic rings. The highest BCUT2D eigenvalue weighted by molar-refractivity contribution is 6.11. The van der Waals surface area contributed by atoms with Crippen LogP contribution in [0, 0.1) is 17.9 Å². The van der Waals surface area contributed by atoms with Gasteiger partial charge in [-0.3, -0.25) is 0 Å². The minimum atomic E-state index is -4.84. The van der Waals surface area contributed by atoms with Gasteiger partial charge in [0.2, 0.25) is 0 Å². The molecule has 10 heteroatoms. The van der Waals surface area contributed by atoms with E-state index in [0.717, 1.165) is 34.4 Å². The van der Waals surface area contributed by atoms with Gasteiger partial charge in [0.15, 0.2) is 17.3 Å². The first-order valence-electron chi connectivity index (χ1n) is 19.9.